The molecule has 0 spiro atoms. The van der Waals surface area contributed by atoms with Crippen molar-refractivity contribution in [2.24, 2.45) is 0 Å². The minimum absolute atomic E-state index is 0.0184. The van der Waals surface area contributed by atoms with Crippen LogP contribution in [0.5, 0.6) is 17.2 Å². The molecule has 0 unspecified atom stereocenters. The molecule has 0 aliphatic carbocycles. The second-order valence-corrected chi connectivity index (χ2v) is 6.02. The van der Waals surface area contributed by atoms with Crippen molar-refractivity contribution in [3.63, 3.8) is 0 Å². The number of hydrogen-bond acceptors (Lipinski definition) is 8. The second-order valence-electron chi connectivity index (χ2n) is 6.02. The summed E-state index contributed by atoms with van der Waals surface area (Å²) in [6.07, 6.45) is 2.09. The third-order valence-corrected chi connectivity index (χ3v) is 4.03. The van der Waals surface area contributed by atoms with Crippen molar-refractivity contribution >= 4 is 12.0 Å². The molecule has 1 heterocycles. The summed E-state index contributed by atoms with van der Waals surface area (Å²) in [6, 6.07) is 11.9. The third-order valence-electron chi connectivity index (χ3n) is 4.03. The van der Waals surface area contributed by atoms with Crippen LogP contribution in [0, 0.1) is 0 Å². The normalized spacial score (nSPS) is 12.0. The van der Waals surface area contributed by atoms with Gasteiger partial charge >= 0.3 is 5.97 Å². The zero-order chi connectivity index (χ0) is 20.8. The van der Waals surface area contributed by atoms with Gasteiger partial charge in [0.2, 0.25) is 5.89 Å². The molecule has 0 amide bonds. The predicted molar refractivity (Wildman–Crippen MR) is 104 cm³/mol. The lowest BCUT2D eigenvalue weighted by Gasteiger charge is -2.07. The van der Waals surface area contributed by atoms with E-state index >= 15 is 0 Å². The van der Waals surface area contributed by atoms with Gasteiger partial charge in [-0.25, -0.2) is 4.79 Å². The summed E-state index contributed by atoms with van der Waals surface area (Å²) in [7, 11) is 3.03. The van der Waals surface area contributed by atoms with Gasteiger partial charge in [0.05, 0.1) is 14.2 Å². The molecule has 0 radical (unpaired) electrons. The summed E-state index contributed by atoms with van der Waals surface area (Å²) in [5.74, 6) is 0.972. The molecule has 0 bridgehead atoms. The molecule has 0 saturated heterocycles. The number of phenols is 1. The lowest BCUT2D eigenvalue weighted by atomic mass is 10.2. The number of ether oxygens (including phenoxy) is 3. The number of methoxy groups -OCH3 is 2. The molecule has 3 aromatic rings. The van der Waals surface area contributed by atoms with Crippen LogP contribution in [0.1, 0.15) is 24.5 Å². The van der Waals surface area contributed by atoms with Crippen LogP contribution < -0.4 is 9.47 Å². The van der Waals surface area contributed by atoms with Gasteiger partial charge < -0.3 is 23.7 Å². The van der Waals surface area contributed by atoms with Gasteiger partial charge in [-0.1, -0.05) is 6.07 Å². The summed E-state index contributed by atoms with van der Waals surface area (Å²) < 4.78 is 21.1. The van der Waals surface area contributed by atoms with E-state index < -0.39 is 12.1 Å². The van der Waals surface area contributed by atoms with E-state index in [9.17, 15) is 9.90 Å². The number of aromatic hydroxyl groups is 1. The van der Waals surface area contributed by atoms with E-state index in [4.69, 9.17) is 18.6 Å². The minimum Gasteiger partial charge on any atom is -0.504 e. The summed E-state index contributed by atoms with van der Waals surface area (Å²) in [4.78, 5) is 12.1. The molecular formula is C21H20N2O6. The number of esters is 1. The third kappa shape index (κ3) is 4.92. The number of carbonyl (C=O) groups is 1. The first-order valence-corrected chi connectivity index (χ1v) is 8.73. The Morgan fingerprint density at radius 3 is 2.55 bits per heavy atom. The standard InChI is InChI=1S/C21H20N2O6/c1-13(20-22-23-21(29-20)15-6-8-16(26-2)9-7-15)28-19(25)11-5-14-4-10-17(24)18(12-14)27-3/h4-13,24H,1-3H3/b11-5+/t13-/m0/s1. The molecule has 1 atom stereocenters. The first-order chi connectivity index (χ1) is 14.0. The van der Waals surface area contributed by atoms with Crippen LogP contribution >= 0.6 is 0 Å². The monoisotopic (exact) mass is 396 g/mol. The molecule has 2 aromatic carbocycles. The zero-order valence-corrected chi connectivity index (χ0v) is 16.2. The van der Waals surface area contributed by atoms with E-state index in [-0.39, 0.29) is 11.6 Å². The zero-order valence-electron chi connectivity index (χ0n) is 16.2. The summed E-state index contributed by atoms with van der Waals surface area (Å²) >= 11 is 0. The largest absolute Gasteiger partial charge is 0.504 e. The lowest BCUT2D eigenvalue weighted by Crippen LogP contribution is -2.06. The van der Waals surface area contributed by atoms with Crippen LogP contribution in [0.4, 0.5) is 0 Å². The Morgan fingerprint density at radius 1 is 1.10 bits per heavy atom. The van der Waals surface area contributed by atoms with Crippen LogP contribution in [0.25, 0.3) is 17.5 Å². The molecule has 0 saturated carbocycles. The smallest absolute Gasteiger partial charge is 0.331 e. The Labute approximate surface area is 167 Å². The fourth-order valence-corrected chi connectivity index (χ4v) is 2.48. The Hall–Kier alpha value is -3.81. The molecule has 8 nitrogen and oxygen atoms in total. The maximum atomic E-state index is 12.1. The number of phenolic OH excluding ortho intramolecular Hbond substituents is 1. The first-order valence-electron chi connectivity index (χ1n) is 8.73. The second kappa shape index (κ2) is 8.92. The Morgan fingerprint density at radius 2 is 1.86 bits per heavy atom. The number of benzene rings is 2. The SMILES string of the molecule is COc1ccc(-c2nnc([C@H](C)OC(=O)/C=C/c3ccc(O)c(OC)c3)o2)cc1. The molecule has 0 aliphatic rings. The van der Waals surface area contributed by atoms with Crippen molar-refractivity contribution in [3.05, 3.63) is 60.0 Å². The van der Waals surface area contributed by atoms with Crippen LogP contribution in [-0.4, -0.2) is 35.5 Å². The average molecular weight is 396 g/mol. The van der Waals surface area contributed by atoms with Crippen molar-refractivity contribution in [1.29, 1.82) is 0 Å². The molecule has 150 valence electrons. The first kappa shape index (κ1) is 19.9. The lowest BCUT2D eigenvalue weighted by molar-refractivity contribution is -0.143. The quantitative estimate of drug-likeness (QED) is 0.475. The number of nitrogens with zero attached hydrogens (tertiary/aromatic N) is 2. The molecule has 8 heteroatoms. The van der Waals surface area contributed by atoms with Crippen molar-refractivity contribution in [1.82, 2.24) is 10.2 Å². The highest BCUT2D eigenvalue weighted by molar-refractivity contribution is 5.87. The van der Waals surface area contributed by atoms with Crippen molar-refractivity contribution in [2.45, 2.75) is 13.0 Å². The maximum absolute atomic E-state index is 12.1. The molecular weight excluding hydrogens is 376 g/mol. The van der Waals surface area contributed by atoms with Crippen molar-refractivity contribution in [3.8, 4) is 28.7 Å². The summed E-state index contributed by atoms with van der Waals surface area (Å²) in [5.41, 5.74) is 1.40. The van der Waals surface area contributed by atoms with Crippen LogP contribution in [0.2, 0.25) is 0 Å². The van der Waals surface area contributed by atoms with E-state index in [1.807, 2.05) is 0 Å². The Kier molecular flexibility index (Phi) is 6.13. The van der Waals surface area contributed by atoms with Crippen molar-refractivity contribution in [2.75, 3.05) is 14.2 Å². The number of rotatable bonds is 7. The van der Waals surface area contributed by atoms with Gasteiger partial charge in [0, 0.05) is 11.6 Å². The number of aromatic nitrogens is 2. The van der Waals surface area contributed by atoms with Gasteiger partial charge in [-0.05, 0) is 55.0 Å². The number of hydrogen-bond donors (Lipinski definition) is 1. The Bertz CT molecular complexity index is 1010. The molecule has 1 N–H and O–H groups in total. The van der Waals surface area contributed by atoms with Crippen molar-refractivity contribution < 1.29 is 28.5 Å². The van der Waals surface area contributed by atoms with E-state index in [1.165, 1.54) is 19.3 Å². The average Bonchev–Trinajstić information content (AvgIpc) is 3.23. The van der Waals surface area contributed by atoms with Gasteiger partial charge in [-0.3, -0.25) is 0 Å². The van der Waals surface area contributed by atoms with E-state index in [0.717, 1.165) is 5.56 Å². The number of carbonyl (C=O) groups excluding carboxylic acids is 1. The van der Waals surface area contributed by atoms with Gasteiger partial charge in [0.25, 0.3) is 5.89 Å². The predicted octanol–water partition coefficient (Wildman–Crippen LogP) is 3.78. The van der Waals surface area contributed by atoms with Crippen LogP contribution in [0.15, 0.2) is 53.0 Å². The van der Waals surface area contributed by atoms with Gasteiger partial charge in [0.15, 0.2) is 17.6 Å². The van der Waals surface area contributed by atoms with E-state index in [0.29, 0.717) is 23.0 Å². The molecule has 3 rings (SSSR count). The van der Waals surface area contributed by atoms with Gasteiger partial charge in [0.1, 0.15) is 5.75 Å². The fraction of sp³-hybridized carbons (Fsp3) is 0.190. The van der Waals surface area contributed by atoms with E-state index in [2.05, 4.69) is 10.2 Å². The highest BCUT2D eigenvalue weighted by Crippen LogP contribution is 2.27. The highest BCUT2D eigenvalue weighted by atomic mass is 16.6. The van der Waals surface area contributed by atoms with Crippen LogP contribution in [-0.2, 0) is 9.53 Å². The topological polar surface area (TPSA) is 104 Å². The van der Waals surface area contributed by atoms with Gasteiger partial charge in [-0.15, -0.1) is 10.2 Å². The highest BCUT2D eigenvalue weighted by Gasteiger charge is 2.18. The summed E-state index contributed by atoms with van der Waals surface area (Å²) in [6.45, 7) is 1.64. The maximum Gasteiger partial charge on any atom is 0.331 e. The summed E-state index contributed by atoms with van der Waals surface area (Å²) in [5, 5.41) is 17.5. The van der Waals surface area contributed by atoms with Crippen LogP contribution in [0.3, 0.4) is 0 Å². The molecule has 0 fully saturated rings. The molecule has 0 aliphatic heterocycles. The molecule has 1 aromatic heterocycles. The Balaban J connectivity index is 1.63. The van der Waals surface area contributed by atoms with Gasteiger partial charge in [-0.2, -0.15) is 0 Å². The fourth-order valence-electron chi connectivity index (χ4n) is 2.48. The molecule has 29 heavy (non-hydrogen) atoms. The van der Waals surface area contributed by atoms with E-state index in [1.54, 1.807) is 56.5 Å². The minimum atomic E-state index is -0.721.